The van der Waals surface area contributed by atoms with Gasteiger partial charge in [0.25, 0.3) is 0 Å². The highest BCUT2D eigenvalue weighted by atomic mass is 79.9. The predicted molar refractivity (Wildman–Crippen MR) is 70.8 cm³/mol. The van der Waals surface area contributed by atoms with Crippen molar-refractivity contribution in [1.29, 1.82) is 0 Å². The Bertz CT molecular complexity index is 142. The molecule has 15 heavy (non-hydrogen) atoms. The third-order valence-electron chi connectivity index (χ3n) is 2.53. The average molecular weight is 280 g/mol. The average Bonchev–Trinajstić information content (AvgIpc) is 2.14. The topological polar surface area (TPSA) is 12.5 Å². The highest BCUT2D eigenvalue weighted by Crippen LogP contribution is 2.09. The normalized spacial score (nSPS) is 13.8. The van der Waals surface area contributed by atoms with Gasteiger partial charge in [0.05, 0.1) is 12.7 Å². The van der Waals surface area contributed by atoms with Crippen LogP contribution in [0.15, 0.2) is 0 Å². The molecule has 3 heteroatoms. The molecular formula is C12H26BrNO. The second-order valence-electron chi connectivity index (χ2n) is 4.59. The first-order valence-electron chi connectivity index (χ1n) is 5.92. The second-order valence-corrected chi connectivity index (χ2v) is 5.39. The van der Waals surface area contributed by atoms with Gasteiger partial charge in [-0.15, -0.1) is 0 Å². The molecule has 1 unspecified atom stereocenters. The summed E-state index contributed by atoms with van der Waals surface area (Å²) < 4.78 is 5.52. The van der Waals surface area contributed by atoms with Crippen LogP contribution in [0.4, 0.5) is 0 Å². The predicted octanol–water partition coefficient (Wildman–Crippen LogP) is 3.15. The lowest BCUT2D eigenvalue weighted by Gasteiger charge is -2.19. The van der Waals surface area contributed by atoms with Gasteiger partial charge in [-0.05, 0) is 46.2 Å². The monoisotopic (exact) mass is 279 g/mol. The molecule has 0 saturated carbocycles. The fraction of sp³-hybridized carbons (Fsp3) is 1.00. The number of hydrogen-bond acceptors (Lipinski definition) is 2. The van der Waals surface area contributed by atoms with Crippen LogP contribution in [0.25, 0.3) is 0 Å². The Balaban J connectivity index is 3.36. The van der Waals surface area contributed by atoms with Crippen molar-refractivity contribution in [3.8, 4) is 0 Å². The molecule has 0 aliphatic carbocycles. The first-order valence-corrected chi connectivity index (χ1v) is 7.04. The van der Waals surface area contributed by atoms with Crippen molar-refractivity contribution in [2.24, 2.45) is 5.92 Å². The van der Waals surface area contributed by atoms with Gasteiger partial charge in [-0.3, -0.25) is 0 Å². The molecule has 0 aliphatic heterocycles. The molecule has 92 valence electrons. The summed E-state index contributed by atoms with van der Waals surface area (Å²) in [7, 11) is 2.17. The van der Waals surface area contributed by atoms with Gasteiger partial charge in [0.2, 0.25) is 0 Å². The maximum atomic E-state index is 5.52. The summed E-state index contributed by atoms with van der Waals surface area (Å²) in [5.74, 6) is 0.817. The lowest BCUT2D eigenvalue weighted by atomic mass is 10.1. The smallest absolute Gasteiger partial charge is 0.0596 e. The van der Waals surface area contributed by atoms with E-state index in [-0.39, 0.29) is 0 Å². The van der Waals surface area contributed by atoms with Crippen molar-refractivity contribution in [2.45, 2.75) is 39.7 Å². The summed E-state index contributed by atoms with van der Waals surface area (Å²) in [5, 5.41) is 1.12. The molecule has 0 aromatic carbocycles. The Labute approximate surface area is 103 Å². The number of hydrogen-bond donors (Lipinski definition) is 0. The molecule has 1 atom stereocenters. The minimum atomic E-state index is 0.353. The van der Waals surface area contributed by atoms with E-state index in [0.29, 0.717) is 6.10 Å². The van der Waals surface area contributed by atoms with E-state index >= 15 is 0 Å². The van der Waals surface area contributed by atoms with Gasteiger partial charge < -0.3 is 9.64 Å². The summed E-state index contributed by atoms with van der Waals surface area (Å²) in [4.78, 5) is 2.35. The molecule has 0 aromatic heterocycles. The van der Waals surface area contributed by atoms with E-state index in [2.05, 4.69) is 48.6 Å². The molecule has 0 N–H and O–H groups in total. The molecule has 0 aliphatic rings. The first-order chi connectivity index (χ1) is 7.06. The molecule has 0 spiro atoms. The van der Waals surface area contributed by atoms with Crippen LogP contribution in [0, 0.1) is 5.92 Å². The van der Waals surface area contributed by atoms with Crippen LogP contribution in [0.5, 0.6) is 0 Å². The molecule has 0 rings (SSSR count). The van der Waals surface area contributed by atoms with E-state index in [4.69, 9.17) is 4.74 Å². The lowest BCUT2D eigenvalue weighted by Crippen LogP contribution is -2.26. The molecule has 0 bridgehead atoms. The minimum Gasteiger partial charge on any atom is -0.377 e. The Morgan fingerprint density at radius 1 is 1.13 bits per heavy atom. The van der Waals surface area contributed by atoms with Gasteiger partial charge >= 0.3 is 0 Å². The van der Waals surface area contributed by atoms with E-state index in [1.165, 1.54) is 19.4 Å². The maximum Gasteiger partial charge on any atom is 0.0596 e. The van der Waals surface area contributed by atoms with Gasteiger partial charge in [0.1, 0.15) is 0 Å². The summed E-state index contributed by atoms with van der Waals surface area (Å²) in [6.45, 7) is 9.55. The van der Waals surface area contributed by atoms with Crippen molar-refractivity contribution in [2.75, 3.05) is 32.1 Å². The zero-order valence-corrected chi connectivity index (χ0v) is 12.2. The third-order valence-corrected chi connectivity index (χ3v) is 2.99. The fourth-order valence-electron chi connectivity index (χ4n) is 1.33. The van der Waals surface area contributed by atoms with Crippen LogP contribution in [0.3, 0.4) is 0 Å². The molecule has 0 heterocycles. The van der Waals surface area contributed by atoms with Crippen LogP contribution in [0.1, 0.15) is 33.6 Å². The largest absolute Gasteiger partial charge is 0.377 e. The summed E-state index contributed by atoms with van der Waals surface area (Å²) >= 11 is 3.48. The number of rotatable bonds is 9. The van der Waals surface area contributed by atoms with Crippen molar-refractivity contribution in [3.05, 3.63) is 0 Å². The van der Waals surface area contributed by atoms with Gasteiger partial charge in [0.15, 0.2) is 0 Å². The zero-order chi connectivity index (χ0) is 11.7. The van der Waals surface area contributed by atoms with E-state index < -0.39 is 0 Å². The van der Waals surface area contributed by atoms with E-state index in [1.807, 2.05) is 0 Å². The number of likely N-dealkylation sites (N-methyl/N-ethyl adjacent to an activating group) is 1. The van der Waals surface area contributed by atoms with Crippen molar-refractivity contribution < 1.29 is 4.74 Å². The maximum absolute atomic E-state index is 5.52. The Kier molecular flexibility index (Phi) is 9.87. The SMILES string of the molecule is CC(CCBr)CCN(C)CCOC(C)C. The molecule has 0 radical (unpaired) electrons. The van der Waals surface area contributed by atoms with E-state index in [1.54, 1.807) is 0 Å². The summed E-state index contributed by atoms with van der Waals surface area (Å²) in [6, 6.07) is 0. The summed E-state index contributed by atoms with van der Waals surface area (Å²) in [6.07, 6.45) is 2.91. The molecule has 0 amide bonds. The second kappa shape index (κ2) is 9.61. The Hall–Kier alpha value is 0.400. The van der Waals surface area contributed by atoms with Crippen molar-refractivity contribution >= 4 is 15.9 Å². The van der Waals surface area contributed by atoms with Crippen molar-refractivity contribution in [3.63, 3.8) is 0 Å². The van der Waals surface area contributed by atoms with Crippen molar-refractivity contribution in [1.82, 2.24) is 4.90 Å². The molecule has 0 saturated heterocycles. The van der Waals surface area contributed by atoms with Crippen LogP contribution in [-0.2, 0) is 4.74 Å². The molecule has 0 fully saturated rings. The van der Waals surface area contributed by atoms with Crippen LogP contribution < -0.4 is 0 Å². The molecule has 0 aromatic rings. The third kappa shape index (κ3) is 10.7. The number of halogens is 1. The van der Waals surface area contributed by atoms with Crippen LogP contribution in [0.2, 0.25) is 0 Å². The minimum absolute atomic E-state index is 0.353. The van der Waals surface area contributed by atoms with Crippen LogP contribution in [-0.4, -0.2) is 43.1 Å². The summed E-state index contributed by atoms with van der Waals surface area (Å²) in [5.41, 5.74) is 0. The van der Waals surface area contributed by atoms with E-state index in [0.717, 1.165) is 24.4 Å². The fourth-order valence-corrected chi connectivity index (χ4v) is 2.11. The van der Waals surface area contributed by atoms with E-state index in [9.17, 15) is 0 Å². The highest BCUT2D eigenvalue weighted by Gasteiger charge is 2.04. The Morgan fingerprint density at radius 3 is 2.33 bits per heavy atom. The first kappa shape index (κ1) is 15.4. The van der Waals surface area contributed by atoms with Gasteiger partial charge in [-0.1, -0.05) is 22.9 Å². The van der Waals surface area contributed by atoms with Gasteiger partial charge in [-0.2, -0.15) is 0 Å². The molecule has 2 nitrogen and oxygen atoms in total. The molecular weight excluding hydrogens is 254 g/mol. The number of nitrogens with zero attached hydrogens (tertiary/aromatic N) is 1. The van der Waals surface area contributed by atoms with Crippen LogP contribution >= 0.6 is 15.9 Å². The lowest BCUT2D eigenvalue weighted by molar-refractivity contribution is 0.0630. The highest BCUT2D eigenvalue weighted by molar-refractivity contribution is 9.09. The zero-order valence-electron chi connectivity index (χ0n) is 10.6. The van der Waals surface area contributed by atoms with Gasteiger partial charge in [-0.25, -0.2) is 0 Å². The Morgan fingerprint density at radius 2 is 1.80 bits per heavy atom. The number of ether oxygens (including phenoxy) is 1. The number of alkyl halides is 1. The quantitative estimate of drug-likeness (QED) is 0.602. The van der Waals surface area contributed by atoms with Gasteiger partial charge in [0, 0.05) is 11.9 Å². The standard InChI is InChI=1S/C12H26BrNO/c1-11(2)15-10-9-14(4)8-6-12(3)5-7-13/h11-12H,5-10H2,1-4H3.